The first-order valence-electron chi connectivity index (χ1n) is 12.5. The maximum atomic E-state index is 12.5. The Kier molecular flexibility index (Phi) is 6.17. The second kappa shape index (κ2) is 8.36. The largest absolute Gasteiger partial charge is 0.462 e. The van der Waals surface area contributed by atoms with E-state index in [9.17, 15) is 9.90 Å². The van der Waals surface area contributed by atoms with Crippen LogP contribution in [-0.4, -0.2) is 23.3 Å². The summed E-state index contributed by atoms with van der Waals surface area (Å²) >= 11 is 0. The molecule has 0 aromatic carbocycles. The summed E-state index contributed by atoms with van der Waals surface area (Å²) < 4.78 is 6.11. The Morgan fingerprint density at radius 3 is 2.69 bits per heavy atom. The van der Waals surface area contributed by atoms with Crippen LogP contribution in [0.25, 0.3) is 0 Å². The zero-order valence-electron chi connectivity index (χ0n) is 18.9. The quantitative estimate of drug-likeness (QED) is 0.327. The van der Waals surface area contributed by atoms with Crippen molar-refractivity contribution >= 4 is 5.97 Å². The predicted molar refractivity (Wildman–Crippen MR) is 116 cm³/mol. The van der Waals surface area contributed by atoms with Crippen LogP contribution in [0.5, 0.6) is 0 Å². The lowest BCUT2D eigenvalue weighted by Crippen LogP contribution is -2.51. The minimum Gasteiger partial charge on any atom is -0.462 e. The summed E-state index contributed by atoms with van der Waals surface area (Å²) in [6.45, 7) is 7.11. The first-order valence-corrected chi connectivity index (χ1v) is 12.5. The van der Waals surface area contributed by atoms with Gasteiger partial charge in [-0.15, -0.1) is 0 Å². The third-order valence-corrected chi connectivity index (χ3v) is 9.51. The fraction of sp³-hybridized carbons (Fsp3) is 0.885. The number of unbranched alkanes of at least 4 members (excludes halogenated alkanes) is 3. The lowest BCUT2D eigenvalue weighted by molar-refractivity contribution is -0.160. The summed E-state index contributed by atoms with van der Waals surface area (Å²) in [4.78, 5) is 12.5. The van der Waals surface area contributed by atoms with Crippen LogP contribution in [-0.2, 0) is 9.53 Å². The van der Waals surface area contributed by atoms with E-state index in [4.69, 9.17) is 4.74 Å². The van der Waals surface area contributed by atoms with Gasteiger partial charge in [-0.1, -0.05) is 51.7 Å². The summed E-state index contributed by atoms with van der Waals surface area (Å²) in [5.41, 5.74) is 2.00. The van der Waals surface area contributed by atoms with Crippen molar-refractivity contribution < 1.29 is 14.6 Å². The van der Waals surface area contributed by atoms with Gasteiger partial charge in [-0.3, -0.25) is 4.79 Å². The molecule has 0 aromatic rings. The molecule has 0 amide bonds. The second-order valence-corrected chi connectivity index (χ2v) is 11.0. The highest BCUT2D eigenvalue weighted by Crippen LogP contribution is 2.65. The molecular weight excluding hydrogens is 360 g/mol. The molecule has 0 bridgehead atoms. The van der Waals surface area contributed by atoms with Crippen molar-refractivity contribution in [3.8, 4) is 0 Å². The first-order chi connectivity index (χ1) is 13.9. The van der Waals surface area contributed by atoms with Crippen molar-refractivity contribution in [2.75, 3.05) is 0 Å². The van der Waals surface area contributed by atoms with Gasteiger partial charge in [-0.05, 0) is 81.0 Å². The number of hydrogen-bond acceptors (Lipinski definition) is 3. The van der Waals surface area contributed by atoms with Crippen molar-refractivity contribution in [3.63, 3.8) is 0 Å². The Morgan fingerprint density at radius 2 is 1.90 bits per heavy atom. The van der Waals surface area contributed by atoms with Gasteiger partial charge in [0.15, 0.2) is 0 Å². The molecule has 1 N–H and O–H groups in total. The van der Waals surface area contributed by atoms with Gasteiger partial charge in [-0.25, -0.2) is 0 Å². The number of rotatable bonds is 6. The van der Waals surface area contributed by atoms with E-state index in [0.717, 1.165) is 50.4 Å². The highest BCUT2D eigenvalue weighted by atomic mass is 16.5. The molecule has 0 saturated heterocycles. The molecule has 0 spiro atoms. The maximum Gasteiger partial charge on any atom is 0.306 e. The van der Waals surface area contributed by atoms with E-state index in [-0.39, 0.29) is 29.0 Å². The molecule has 3 heteroatoms. The van der Waals surface area contributed by atoms with Crippen LogP contribution in [0.2, 0.25) is 0 Å². The minimum atomic E-state index is -0.226. The van der Waals surface area contributed by atoms with Crippen molar-refractivity contribution in [2.45, 2.75) is 116 Å². The van der Waals surface area contributed by atoms with E-state index in [1.54, 1.807) is 0 Å². The van der Waals surface area contributed by atoms with Gasteiger partial charge in [0.05, 0.1) is 6.10 Å². The number of aliphatic hydroxyl groups is 1. The fourth-order valence-corrected chi connectivity index (χ4v) is 7.77. The first kappa shape index (κ1) is 21.4. The molecule has 3 saturated carbocycles. The zero-order chi connectivity index (χ0) is 20.6. The van der Waals surface area contributed by atoms with Crippen molar-refractivity contribution in [2.24, 2.45) is 28.6 Å². The van der Waals surface area contributed by atoms with E-state index >= 15 is 0 Å². The Hall–Kier alpha value is -0.830. The Balaban J connectivity index is 1.42. The highest BCUT2D eigenvalue weighted by molar-refractivity contribution is 5.69. The molecule has 7 atom stereocenters. The van der Waals surface area contributed by atoms with Crippen LogP contribution in [0, 0.1) is 28.6 Å². The third-order valence-electron chi connectivity index (χ3n) is 9.51. The van der Waals surface area contributed by atoms with E-state index in [1.165, 1.54) is 44.1 Å². The molecule has 3 nitrogen and oxygen atoms in total. The monoisotopic (exact) mass is 402 g/mol. The topological polar surface area (TPSA) is 46.5 Å². The molecule has 3 fully saturated rings. The van der Waals surface area contributed by atoms with Gasteiger partial charge in [0.1, 0.15) is 6.10 Å². The number of carbonyl (C=O) groups is 1. The van der Waals surface area contributed by atoms with E-state index in [1.807, 2.05) is 0 Å². The number of aliphatic hydroxyl groups excluding tert-OH is 1. The Bertz CT molecular complexity index is 640. The molecule has 3 unspecified atom stereocenters. The predicted octanol–water partition coefficient (Wildman–Crippen LogP) is 6.19. The van der Waals surface area contributed by atoms with Gasteiger partial charge in [0, 0.05) is 11.8 Å². The van der Waals surface area contributed by atoms with Crippen LogP contribution in [0.4, 0.5) is 0 Å². The maximum absolute atomic E-state index is 12.5. The average molecular weight is 403 g/mol. The second-order valence-electron chi connectivity index (χ2n) is 11.0. The number of ether oxygens (including phenoxy) is 1. The molecule has 0 radical (unpaired) electrons. The Labute approximate surface area is 177 Å². The average Bonchev–Trinajstić information content (AvgIpc) is 3.02. The zero-order valence-corrected chi connectivity index (χ0v) is 18.9. The van der Waals surface area contributed by atoms with Crippen molar-refractivity contribution in [3.05, 3.63) is 11.6 Å². The van der Waals surface area contributed by atoms with Crippen molar-refractivity contribution in [1.82, 2.24) is 0 Å². The number of hydrogen-bond donors (Lipinski definition) is 1. The summed E-state index contributed by atoms with van der Waals surface area (Å²) in [6, 6.07) is 0. The van der Waals surface area contributed by atoms with Gasteiger partial charge in [0.25, 0.3) is 0 Å². The molecule has 0 aromatic heterocycles. The molecule has 29 heavy (non-hydrogen) atoms. The third kappa shape index (κ3) is 3.82. The lowest BCUT2D eigenvalue weighted by atomic mass is 9.47. The highest BCUT2D eigenvalue weighted by Gasteiger charge is 2.59. The number of esters is 1. The van der Waals surface area contributed by atoms with Crippen molar-refractivity contribution in [1.29, 1.82) is 0 Å². The van der Waals surface area contributed by atoms with Crippen LogP contribution in [0.3, 0.4) is 0 Å². The van der Waals surface area contributed by atoms with E-state index in [2.05, 4.69) is 26.8 Å². The Morgan fingerprint density at radius 1 is 1.07 bits per heavy atom. The molecule has 0 aliphatic heterocycles. The van der Waals surface area contributed by atoms with Crippen LogP contribution in [0.15, 0.2) is 11.6 Å². The minimum absolute atomic E-state index is 0.0391. The molecule has 164 valence electrons. The molecule has 0 heterocycles. The van der Waals surface area contributed by atoms with Gasteiger partial charge in [0.2, 0.25) is 0 Å². The van der Waals surface area contributed by atoms with Crippen LogP contribution < -0.4 is 0 Å². The number of carbonyl (C=O) groups excluding carboxylic acids is 1. The number of allylic oxidation sites excluding steroid dienone is 1. The SMILES string of the molecule is CCCCCCC(=O)O[C@H]1CCC2[C@@H]3CCC4=CC(O)CC[C@]4(C)C3CC[C@@]21C. The smallest absolute Gasteiger partial charge is 0.306 e. The summed E-state index contributed by atoms with van der Waals surface area (Å²) in [5.74, 6) is 2.25. The molecule has 4 rings (SSSR count). The van der Waals surface area contributed by atoms with Gasteiger partial charge < -0.3 is 9.84 Å². The molecule has 4 aliphatic rings. The van der Waals surface area contributed by atoms with Gasteiger partial charge >= 0.3 is 5.97 Å². The summed E-state index contributed by atoms with van der Waals surface area (Å²) in [6.07, 6.45) is 16.4. The van der Waals surface area contributed by atoms with Crippen LogP contribution in [0.1, 0.15) is 104 Å². The summed E-state index contributed by atoms with van der Waals surface area (Å²) in [7, 11) is 0. The lowest BCUT2D eigenvalue weighted by Gasteiger charge is -2.58. The normalized spacial score (nSPS) is 43.7. The van der Waals surface area contributed by atoms with Gasteiger partial charge in [-0.2, -0.15) is 0 Å². The fourth-order valence-electron chi connectivity index (χ4n) is 7.77. The van der Waals surface area contributed by atoms with E-state index in [0.29, 0.717) is 12.3 Å². The number of fused-ring (bicyclic) bond motifs is 5. The van der Waals surface area contributed by atoms with Crippen LogP contribution >= 0.6 is 0 Å². The van der Waals surface area contributed by atoms with E-state index < -0.39 is 0 Å². The molecular formula is C26H42O3. The summed E-state index contributed by atoms with van der Waals surface area (Å²) in [5, 5.41) is 10.1. The standard InChI is InChI=1S/C26H42O3/c1-4-5-6-7-8-24(28)29-23-12-11-21-20-10-9-18-17-19(27)13-15-25(18,2)22(20)14-16-26(21,23)3/h17,19-23,27H,4-16H2,1-3H3/t19?,20-,21?,22?,23-,25-,26-/m0/s1. The molecule has 4 aliphatic carbocycles.